The van der Waals surface area contributed by atoms with Crippen LogP contribution in [0.2, 0.25) is 0 Å². The predicted molar refractivity (Wildman–Crippen MR) is 84.3 cm³/mol. The second-order valence-corrected chi connectivity index (χ2v) is 6.97. The molecule has 7 heteroatoms. The molecule has 1 aliphatic rings. The van der Waals surface area contributed by atoms with Gasteiger partial charge >= 0.3 is 0 Å². The maximum atomic E-state index is 12.5. The molecule has 0 bridgehead atoms. The second kappa shape index (κ2) is 6.68. The van der Waals surface area contributed by atoms with Crippen LogP contribution in [0.25, 0.3) is 0 Å². The molecular formula is C16H25FN4O2. The topological polar surface area (TPSA) is 67.2 Å². The van der Waals surface area contributed by atoms with Crippen LogP contribution in [0.5, 0.6) is 0 Å². The van der Waals surface area contributed by atoms with Gasteiger partial charge in [-0.3, -0.25) is 18.7 Å². The van der Waals surface area contributed by atoms with Crippen LogP contribution in [0.1, 0.15) is 45.2 Å². The summed E-state index contributed by atoms with van der Waals surface area (Å²) >= 11 is 0. The van der Waals surface area contributed by atoms with E-state index < -0.39 is 18.1 Å². The average molecular weight is 324 g/mol. The van der Waals surface area contributed by atoms with Crippen LogP contribution < -0.4 is 5.32 Å². The summed E-state index contributed by atoms with van der Waals surface area (Å²) in [6.07, 6.45) is 3.99. The first-order valence-corrected chi connectivity index (χ1v) is 7.90. The first-order chi connectivity index (χ1) is 10.8. The molecule has 1 N–H and O–H groups in total. The average Bonchev–Trinajstić information content (AvgIpc) is 3.01. The van der Waals surface area contributed by atoms with Crippen molar-refractivity contribution < 1.29 is 14.0 Å². The quantitative estimate of drug-likeness (QED) is 0.836. The summed E-state index contributed by atoms with van der Waals surface area (Å²) in [5.74, 6) is -0.727. The molecule has 2 heterocycles. The zero-order valence-electron chi connectivity index (χ0n) is 14.2. The van der Waals surface area contributed by atoms with Crippen LogP contribution in [0.15, 0.2) is 12.4 Å². The van der Waals surface area contributed by atoms with Crippen LogP contribution in [0.4, 0.5) is 4.39 Å². The molecule has 1 aromatic heterocycles. The van der Waals surface area contributed by atoms with E-state index in [0.717, 1.165) is 5.56 Å². The maximum Gasteiger partial charge on any atom is 0.226 e. The summed E-state index contributed by atoms with van der Waals surface area (Å²) in [4.78, 5) is 26.8. The van der Waals surface area contributed by atoms with Crippen molar-refractivity contribution in [1.29, 1.82) is 0 Å². The fraction of sp³-hybridized carbons (Fsp3) is 0.688. The van der Waals surface area contributed by atoms with Gasteiger partial charge in [-0.05, 0) is 27.2 Å². The van der Waals surface area contributed by atoms with Gasteiger partial charge in [0.05, 0.1) is 24.8 Å². The lowest BCUT2D eigenvalue weighted by molar-refractivity contribution is -0.133. The standard InChI is InChI=1S/C16H25FN4O2/c1-16(2,3)21-13(22)8-12(15(23)18-7-5-6-17)14(21)11-9-19-20(4)10-11/h9-10,12,14H,5-8H2,1-4H3,(H,18,23). The van der Waals surface area contributed by atoms with E-state index in [0.29, 0.717) is 0 Å². The number of nitrogens with one attached hydrogen (secondary N) is 1. The summed E-state index contributed by atoms with van der Waals surface area (Å²) in [6, 6.07) is -0.346. The lowest BCUT2D eigenvalue weighted by Gasteiger charge is -2.38. The zero-order chi connectivity index (χ0) is 17.2. The minimum atomic E-state index is -0.481. The number of alkyl halides is 1. The smallest absolute Gasteiger partial charge is 0.226 e. The first kappa shape index (κ1) is 17.4. The number of carbonyl (C=O) groups is 2. The summed E-state index contributed by atoms with van der Waals surface area (Å²) in [6.45, 7) is 5.69. The van der Waals surface area contributed by atoms with Gasteiger partial charge in [-0.1, -0.05) is 0 Å². The molecule has 0 aromatic carbocycles. The fourth-order valence-electron chi connectivity index (χ4n) is 3.14. The normalized spacial score (nSPS) is 21.8. The van der Waals surface area contributed by atoms with Crippen molar-refractivity contribution in [2.75, 3.05) is 13.2 Å². The van der Waals surface area contributed by atoms with E-state index in [9.17, 15) is 14.0 Å². The molecule has 2 atom stereocenters. The Morgan fingerprint density at radius 3 is 2.70 bits per heavy atom. The Kier molecular flexibility index (Phi) is 5.06. The van der Waals surface area contributed by atoms with Gasteiger partial charge in [0.25, 0.3) is 0 Å². The highest BCUT2D eigenvalue weighted by Crippen LogP contribution is 2.42. The van der Waals surface area contributed by atoms with Crippen molar-refractivity contribution in [3.05, 3.63) is 18.0 Å². The van der Waals surface area contributed by atoms with E-state index in [1.54, 1.807) is 22.8 Å². The molecule has 0 saturated carbocycles. The Morgan fingerprint density at radius 2 is 2.17 bits per heavy atom. The van der Waals surface area contributed by atoms with E-state index in [4.69, 9.17) is 0 Å². The third-order valence-electron chi connectivity index (χ3n) is 4.06. The van der Waals surface area contributed by atoms with E-state index in [-0.39, 0.29) is 37.2 Å². The van der Waals surface area contributed by atoms with Gasteiger partial charge in [0, 0.05) is 37.3 Å². The van der Waals surface area contributed by atoms with Crippen molar-refractivity contribution in [2.45, 2.75) is 45.2 Å². The fourth-order valence-corrected chi connectivity index (χ4v) is 3.14. The number of rotatable bonds is 5. The molecule has 0 aliphatic carbocycles. The number of hydrogen-bond donors (Lipinski definition) is 1. The molecule has 6 nitrogen and oxygen atoms in total. The number of amides is 2. The maximum absolute atomic E-state index is 12.5. The second-order valence-electron chi connectivity index (χ2n) is 6.97. The molecule has 0 radical (unpaired) electrons. The van der Waals surface area contributed by atoms with Gasteiger partial charge in [-0.25, -0.2) is 0 Å². The van der Waals surface area contributed by atoms with Gasteiger partial charge in [0.15, 0.2) is 0 Å². The molecule has 128 valence electrons. The van der Waals surface area contributed by atoms with Gasteiger partial charge < -0.3 is 10.2 Å². The van der Waals surface area contributed by atoms with Crippen LogP contribution in [-0.4, -0.2) is 45.3 Å². The lowest BCUT2D eigenvalue weighted by Crippen LogP contribution is -2.45. The summed E-state index contributed by atoms with van der Waals surface area (Å²) in [5.41, 5.74) is 0.449. The number of hydrogen-bond acceptors (Lipinski definition) is 3. The SMILES string of the molecule is Cn1cc(C2C(C(=O)NCCCF)CC(=O)N2C(C)(C)C)cn1. The first-order valence-electron chi connectivity index (χ1n) is 7.90. The van der Waals surface area contributed by atoms with Crippen molar-refractivity contribution in [1.82, 2.24) is 20.0 Å². The highest BCUT2D eigenvalue weighted by Gasteiger charge is 2.48. The van der Waals surface area contributed by atoms with E-state index in [1.807, 2.05) is 27.0 Å². The van der Waals surface area contributed by atoms with Crippen molar-refractivity contribution in [3.63, 3.8) is 0 Å². The number of likely N-dealkylation sites (tertiary alicyclic amines) is 1. The Balaban J connectivity index is 2.30. The molecule has 23 heavy (non-hydrogen) atoms. The number of carbonyl (C=O) groups excluding carboxylic acids is 2. The Morgan fingerprint density at radius 1 is 1.48 bits per heavy atom. The molecule has 2 rings (SSSR count). The minimum Gasteiger partial charge on any atom is -0.356 e. The van der Waals surface area contributed by atoms with Crippen LogP contribution in [0, 0.1) is 5.92 Å². The summed E-state index contributed by atoms with van der Waals surface area (Å²) in [7, 11) is 1.80. The third-order valence-corrected chi connectivity index (χ3v) is 4.06. The van der Waals surface area contributed by atoms with Crippen molar-refractivity contribution in [2.24, 2.45) is 13.0 Å². The molecular weight excluding hydrogens is 299 g/mol. The largest absolute Gasteiger partial charge is 0.356 e. The van der Waals surface area contributed by atoms with Crippen LogP contribution in [-0.2, 0) is 16.6 Å². The molecule has 1 saturated heterocycles. The van der Waals surface area contributed by atoms with Gasteiger partial charge in [0.2, 0.25) is 11.8 Å². The highest BCUT2D eigenvalue weighted by atomic mass is 19.1. The Hall–Kier alpha value is -1.92. The summed E-state index contributed by atoms with van der Waals surface area (Å²) in [5, 5.41) is 6.91. The molecule has 1 aromatic rings. The monoisotopic (exact) mass is 324 g/mol. The Bertz CT molecular complexity index is 579. The number of halogens is 1. The predicted octanol–water partition coefficient (Wildman–Crippen LogP) is 1.58. The molecule has 2 amide bonds. The highest BCUT2D eigenvalue weighted by molar-refractivity contribution is 5.90. The molecule has 1 fully saturated rings. The number of aromatic nitrogens is 2. The van der Waals surface area contributed by atoms with Gasteiger partial charge in [-0.15, -0.1) is 0 Å². The van der Waals surface area contributed by atoms with E-state index >= 15 is 0 Å². The molecule has 2 unspecified atom stereocenters. The summed E-state index contributed by atoms with van der Waals surface area (Å²) < 4.78 is 13.9. The van der Waals surface area contributed by atoms with Gasteiger partial charge in [-0.2, -0.15) is 5.10 Å². The zero-order valence-corrected chi connectivity index (χ0v) is 14.2. The number of nitrogens with zero attached hydrogens (tertiary/aromatic N) is 3. The van der Waals surface area contributed by atoms with Crippen LogP contribution in [0.3, 0.4) is 0 Å². The minimum absolute atomic E-state index is 0.0444. The number of aryl methyl sites for hydroxylation is 1. The lowest BCUT2D eigenvalue weighted by atomic mass is 9.92. The Labute approximate surface area is 136 Å². The van der Waals surface area contributed by atoms with E-state index in [1.165, 1.54) is 0 Å². The molecule has 1 aliphatic heterocycles. The van der Waals surface area contributed by atoms with Crippen molar-refractivity contribution >= 4 is 11.8 Å². The van der Waals surface area contributed by atoms with Gasteiger partial charge in [0.1, 0.15) is 0 Å². The van der Waals surface area contributed by atoms with E-state index in [2.05, 4.69) is 10.4 Å². The third kappa shape index (κ3) is 3.71. The van der Waals surface area contributed by atoms with Crippen molar-refractivity contribution in [3.8, 4) is 0 Å². The molecule has 0 spiro atoms. The van der Waals surface area contributed by atoms with Crippen LogP contribution >= 0.6 is 0 Å².